The van der Waals surface area contributed by atoms with E-state index in [1.54, 1.807) is 9.58 Å². The standard InChI is InChI=1S/C10H9N5OS/c16-9-5-14(10(17)11-9)6-15-8-4-2-1-3-7(8)12-13-15/h1-4H,5-6H2,(H,11,16,17). The van der Waals surface area contributed by atoms with Crippen LogP contribution in [0, 0.1) is 0 Å². The Kier molecular flexibility index (Phi) is 2.25. The van der Waals surface area contributed by atoms with Crippen LogP contribution in [0.3, 0.4) is 0 Å². The van der Waals surface area contributed by atoms with Crippen molar-refractivity contribution in [3.05, 3.63) is 24.3 Å². The Morgan fingerprint density at radius 2 is 2.24 bits per heavy atom. The van der Waals surface area contributed by atoms with E-state index in [1.165, 1.54) is 0 Å². The van der Waals surface area contributed by atoms with Gasteiger partial charge in [0.05, 0.1) is 5.52 Å². The van der Waals surface area contributed by atoms with Crippen LogP contribution in [0.1, 0.15) is 0 Å². The van der Waals surface area contributed by atoms with Gasteiger partial charge >= 0.3 is 0 Å². The third-order valence-corrected chi connectivity index (χ3v) is 2.95. The number of nitrogens with zero attached hydrogens (tertiary/aromatic N) is 4. The number of hydrogen-bond acceptors (Lipinski definition) is 4. The van der Waals surface area contributed by atoms with Gasteiger partial charge in [-0.3, -0.25) is 4.79 Å². The van der Waals surface area contributed by atoms with Crippen LogP contribution in [0.25, 0.3) is 11.0 Å². The molecule has 2 heterocycles. The number of carbonyl (C=O) groups is 1. The third-order valence-electron chi connectivity index (χ3n) is 2.59. The summed E-state index contributed by atoms with van der Waals surface area (Å²) in [4.78, 5) is 12.9. The van der Waals surface area contributed by atoms with Gasteiger partial charge in [0, 0.05) is 0 Å². The Bertz CT molecular complexity index is 608. The SMILES string of the molecule is O=C1CN(Cn2nnc3ccccc32)C(=S)N1. The maximum absolute atomic E-state index is 11.2. The van der Waals surface area contributed by atoms with Crippen molar-refractivity contribution in [3.63, 3.8) is 0 Å². The fourth-order valence-corrected chi connectivity index (χ4v) is 2.02. The summed E-state index contributed by atoms with van der Waals surface area (Å²) in [6.45, 7) is 0.700. The Morgan fingerprint density at radius 3 is 3.00 bits per heavy atom. The Balaban J connectivity index is 1.90. The molecule has 0 aliphatic carbocycles. The molecule has 0 unspecified atom stereocenters. The number of fused-ring (bicyclic) bond motifs is 1. The number of benzene rings is 1. The minimum atomic E-state index is -0.0839. The number of para-hydroxylation sites is 1. The van der Waals surface area contributed by atoms with E-state index in [2.05, 4.69) is 15.6 Å². The highest BCUT2D eigenvalue weighted by molar-refractivity contribution is 7.80. The number of thiocarbonyl (C=S) groups is 1. The lowest BCUT2D eigenvalue weighted by Crippen LogP contribution is -2.30. The van der Waals surface area contributed by atoms with Crippen molar-refractivity contribution in [1.29, 1.82) is 0 Å². The van der Waals surface area contributed by atoms with Crippen molar-refractivity contribution < 1.29 is 4.79 Å². The molecule has 1 aliphatic rings. The van der Waals surface area contributed by atoms with E-state index in [1.807, 2.05) is 24.3 Å². The van der Waals surface area contributed by atoms with Crippen molar-refractivity contribution >= 4 is 34.3 Å². The van der Waals surface area contributed by atoms with E-state index in [-0.39, 0.29) is 12.5 Å². The summed E-state index contributed by atoms with van der Waals surface area (Å²) < 4.78 is 1.72. The second-order valence-electron chi connectivity index (χ2n) is 3.77. The van der Waals surface area contributed by atoms with Gasteiger partial charge in [-0.25, -0.2) is 4.68 Å². The van der Waals surface area contributed by atoms with Crippen molar-refractivity contribution in [2.24, 2.45) is 0 Å². The van der Waals surface area contributed by atoms with E-state index in [0.29, 0.717) is 11.8 Å². The van der Waals surface area contributed by atoms with Gasteiger partial charge in [0.1, 0.15) is 18.7 Å². The van der Waals surface area contributed by atoms with Gasteiger partial charge in [-0.15, -0.1) is 5.10 Å². The molecule has 1 aromatic carbocycles. The van der Waals surface area contributed by atoms with Crippen molar-refractivity contribution in [2.45, 2.75) is 6.67 Å². The summed E-state index contributed by atoms with van der Waals surface area (Å²) in [5, 5.41) is 11.1. The molecule has 1 saturated heterocycles. The zero-order valence-corrected chi connectivity index (χ0v) is 9.65. The summed E-state index contributed by atoms with van der Waals surface area (Å²) in [6.07, 6.45) is 0. The van der Waals surface area contributed by atoms with Gasteiger partial charge in [0.25, 0.3) is 0 Å². The van der Waals surface area contributed by atoms with E-state index in [9.17, 15) is 4.79 Å². The highest BCUT2D eigenvalue weighted by Crippen LogP contribution is 2.11. The highest BCUT2D eigenvalue weighted by Gasteiger charge is 2.23. The van der Waals surface area contributed by atoms with Gasteiger partial charge in [-0.2, -0.15) is 0 Å². The van der Waals surface area contributed by atoms with Gasteiger partial charge in [0.2, 0.25) is 5.91 Å². The first-order chi connectivity index (χ1) is 8.24. The third kappa shape index (κ3) is 1.74. The lowest BCUT2D eigenvalue weighted by atomic mass is 10.3. The molecule has 0 saturated carbocycles. The molecule has 1 aliphatic heterocycles. The van der Waals surface area contributed by atoms with Gasteiger partial charge in [0.15, 0.2) is 5.11 Å². The molecule has 3 rings (SSSR count). The predicted molar refractivity (Wildman–Crippen MR) is 65.0 cm³/mol. The fourth-order valence-electron chi connectivity index (χ4n) is 1.78. The lowest BCUT2D eigenvalue weighted by Gasteiger charge is -2.14. The summed E-state index contributed by atoms with van der Waals surface area (Å²) in [5.74, 6) is -0.0839. The summed E-state index contributed by atoms with van der Waals surface area (Å²) in [6, 6.07) is 7.66. The number of amides is 1. The first kappa shape index (κ1) is 10.2. The second-order valence-corrected chi connectivity index (χ2v) is 4.16. The normalized spacial score (nSPS) is 15.6. The molecule has 7 heteroatoms. The van der Waals surface area contributed by atoms with Crippen LogP contribution in [0.4, 0.5) is 0 Å². The first-order valence-electron chi connectivity index (χ1n) is 5.11. The molecule has 0 bridgehead atoms. The van der Waals surface area contributed by atoms with Gasteiger partial charge in [-0.05, 0) is 24.4 Å². The summed E-state index contributed by atoms with van der Waals surface area (Å²) in [7, 11) is 0. The number of nitrogens with one attached hydrogen (secondary N) is 1. The maximum Gasteiger partial charge on any atom is 0.245 e. The van der Waals surface area contributed by atoms with E-state index in [4.69, 9.17) is 12.2 Å². The molecule has 2 aromatic rings. The first-order valence-corrected chi connectivity index (χ1v) is 5.52. The van der Waals surface area contributed by atoms with Crippen LogP contribution < -0.4 is 5.32 Å². The molecule has 0 spiro atoms. The molecule has 86 valence electrons. The van der Waals surface area contributed by atoms with Crippen molar-refractivity contribution in [3.8, 4) is 0 Å². The molecular formula is C10H9N5OS. The van der Waals surface area contributed by atoms with Crippen LogP contribution >= 0.6 is 12.2 Å². The van der Waals surface area contributed by atoms with Crippen molar-refractivity contribution in [2.75, 3.05) is 6.54 Å². The highest BCUT2D eigenvalue weighted by atomic mass is 32.1. The van der Waals surface area contributed by atoms with Crippen molar-refractivity contribution in [1.82, 2.24) is 25.2 Å². The molecule has 17 heavy (non-hydrogen) atoms. The molecule has 6 nitrogen and oxygen atoms in total. The number of carbonyl (C=O) groups excluding carboxylic acids is 1. The van der Waals surface area contributed by atoms with E-state index < -0.39 is 0 Å². The Labute approximate surface area is 102 Å². The Hall–Kier alpha value is -2.02. The molecule has 0 radical (unpaired) electrons. The monoisotopic (exact) mass is 247 g/mol. The molecule has 0 atom stereocenters. The lowest BCUT2D eigenvalue weighted by molar-refractivity contribution is -0.118. The zero-order valence-electron chi connectivity index (χ0n) is 8.83. The van der Waals surface area contributed by atoms with Crippen LogP contribution in [-0.2, 0) is 11.5 Å². The molecule has 1 fully saturated rings. The number of rotatable bonds is 2. The second kappa shape index (κ2) is 3.77. The number of aromatic nitrogens is 3. The summed E-state index contributed by atoms with van der Waals surface area (Å²) in [5.41, 5.74) is 1.76. The van der Waals surface area contributed by atoms with Crippen LogP contribution in [0.5, 0.6) is 0 Å². The van der Waals surface area contributed by atoms with Gasteiger partial charge in [-0.1, -0.05) is 17.3 Å². The average Bonchev–Trinajstić information content (AvgIpc) is 2.85. The average molecular weight is 247 g/mol. The Morgan fingerprint density at radius 1 is 1.41 bits per heavy atom. The van der Waals surface area contributed by atoms with E-state index in [0.717, 1.165) is 11.0 Å². The predicted octanol–water partition coefficient (Wildman–Crippen LogP) is 0.105. The maximum atomic E-state index is 11.2. The molecular weight excluding hydrogens is 238 g/mol. The zero-order chi connectivity index (χ0) is 11.8. The topological polar surface area (TPSA) is 63.1 Å². The quantitative estimate of drug-likeness (QED) is 0.763. The fraction of sp³-hybridized carbons (Fsp3) is 0.200. The number of hydrogen-bond donors (Lipinski definition) is 1. The van der Waals surface area contributed by atoms with Crippen LogP contribution in [0.2, 0.25) is 0 Å². The van der Waals surface area contributed by atoms with Gasteiger partial charge < -0.3 is 10.2 Å². The summed E-state index contributed by atoms with van der Waals surface area (Å²) >= 11 is 5.05. The van der Waals surface area contributed by atoms with Crippen LogP contribution in [-0.4, -0.2) is 37.5 Å². The van der Waals surface area contributed by atoms with E-state index >= 15 is 0 Å². The minimum Gasteiger partial charge on any atom is -0.320 e. The minimum absolute atomic E-state index is 0.0839. The molecule has 1 N–H and O–H groups in total. The molecule has 1 aromatic heterocycles. The molecule has 1 amide bonds. The van der Waals surface area contributed by atoms with Crippen LogP contribution in [0.15, 0.2) is 24.3 Å². The smallest absolute Gasteiger partial charge is 0.245 e. The largest absolute Gasteiger partial charge is 0.320 e.